The zero-order valence-corrected chi connectivity index (χ0v) is 15.9. The van der Waals surface area contributed by atoms with Crippen molar-refractivity contribution < 1.29 is 4.79 Å². The SMILES string of the molecule is CCc1ccc(Nc2nn(-c3nc(C)cc(C)n3)c3c2C(=O)CCC3)cc1. The lowest BCUT2D eigenvalue weighted by molar-refractivity contribution is 0.0973. The van der Waals surface area contributed by atoms with Crippen molar-refractivity contribution in [2.45, 2.75) is 46.5 Å². The summed E-state index contributed by atoms with van der Waals surface area (Å²) >= 11 is 0. The lowest BCUT2D eigenvalue weighted by atomic mass is 9.96. The van der Waals surface area contributed by atoms with Gasteiger partial charge in [0.2, 0.25) is 0 Å². The van der Waals surface area contributed by atoms with Gasteiger partial charge in [-0.15, -0.1) is 5.10 Å². The Hall–Kier alpha value is -3.02. The van der Waals surface area contributed by atoms with Gasteiger partial charge in [-0.05, 0) is 56.9 Å². The van der Waals surface area contributed by atoms with Crippen molar-refractivity contribution in [2.24, 2.45) is 0 Å². The van der Waals surface area contributed by atoms with Crippen molar-refractivity contribution in [3.05, 3.63) is 58.5 Å². The lowest BCUT2D eigenvalue weighted by Crippen LogP contribution is -2.15. The van der Waals surface area contributed by atoms with Crippen molar-refractivity contribution in [1.82, 2.24) is 19.7 Å². The Kier molecular flexibility index (Phi) is 4.48. The van der Waals surface area contributed by atoms with E-state index >= 15 is 0 Å². The molecule has 6 nitrogen and oxygen atoms in total. The predicted octanol–water partition coefficient (Wildman–Crippen LogP) is 4.10. The number of hydrogen-bond donors (Lipinski definition) is 1. The maximum Gasteiger partial charge on any atom is 0.251 e. The van der Waals surface area contributed by atoms with Gasteiger partial charge in [0, 0.05) is 23.5 Å². The fraction of sp³-hybridized carbons (Fsp3) is 0.333. The van der Waals surface area contributed by atoms with Gasteiger partial charge >= 0.3 is 0 Å². The highest BCUT2D eigenvalue weighted by atomic mass is 16.1. The number of anilines is 2. The van der Waals surface area contributed by atoms with E-state index in [2.05, 4.69) is 34.3 Å². The zero-order chi connectivity index (χ0) is 19.0. The molecule has 1 aromatic carbocycles. The molecule has 0 aliphatic heterocycles. The van der Waals surface area contributed by atoms with Crippen LogP contribution in [0.25, 0.3) is 5.95 Å². The molecule has 0 spiro atoms. The zero-order valence-electron chi connectivity index (χ0n) is 15.9. The van der Waals surface area contributed by atoms with Crippen molar-refractivity contribution in [1.29, 1.82) is 0 Å². The third kappa shape index (κ3) is 3.35. The second-order valence-electron chi connectivity index (χ2n) is 6.99. The molecule has 0 unspecified atom stereocenters. The molecule has 27 heavy (non-hydrogen) atoms. The van der Waals surface area contributed by atoms with E-state index in [9.17, 15) is 4.79 Å². The van der Waals surface area contributed by atoms with Crippen LogP contribution in [0, 0.1) is 13.8 Å². The van der Waals surface area contributed by atoms with E-state index in [-0.39, 0.29) is 5.78 Å². The van der Waals surface area contributed by atoms with Gasteiger partial charge < -0.3 is 5.32 Å². The quantitative estimate of drug-likeness (QED) is 0.757. The topological polar surface area (TPSA) is 72.7 Å². The normalized spacial score (nSPS) is 13.5. The average Bonchev–Trinajstić information content (AvgIpc) is 3.01. The van der Waals surface area contributed by atoms with Crippen LogP contribution >= 0.6 is 0 Å². The Morgan fingerprint density at radius 1 is 1.07 bits per heavy atom. The van der Waals surface area contributed by atoms with E-state index < -0.39 is 0 Å². The van der Waals surface area contributed by atoms with Crippen LogP contribution in [0.1, 0.15) is 52.8 Å². The monoisotopic (exact) mass is 361 g/mol. The number of nitrogens with zero attached hydrogens (tertiary/aromatic N) is 4. The molecule has 0 atom stereocenters. The van der Waals surface area contributed by atoms with Gasteiger partial charge in [0.05, 0.1) is 11.3 Å². The van der Waals surface area contributed by atoms with Crippen LogP contribution < -0.4 is 5.32 Å². The van der Waals surface area contributed by atoms with E-state index in [0.29, 0.717) is 23.8 Å². The fourth-order valence-electron chi connectivity index (χ4n) is 3.53. The number of ketones is 1. The number of aryl methyl sites for hydroxylation is 3. The Balaban J connectivity index is 1.79. The van der Waals surface area contributed by atoms with Gasteiger partial charge in [-0.3, -0.25) is 4.79 Å². The molecular formula is C21H23N5O. The van der Waals surface area contributed by atoms with E-state index in [1.807, 2.05) is 32.0 Å². The molecule has 0 saturated carbocycles. The summed E-state index contributed by atoms with van der Waals surface area (Å²) in [5, 5.41) is 8.02. The molecule has 0 fully saturated rings. The molecule has 1 N–H and O–H groups in total. The number of hydrogen-bond acceptors (Lipinski definition) is 5. The number of carbonyl (C=O) groups excluding carboxylic acids is 1. The minimum atomic E-state index is 0.125. The summed E-state index contributed by atoms with van der Waals surface area (Å²) in [7, 11) is 0. The van der Waals surface area contributed by atoms with E-state index in [4.69, 9.17) is 5.10 Å². The van der Waals surface area contributed by atoms with Crippen LogP contribution in [0.3, 0.4) is 0 Å². The number of Topliss-reactive ketones (excluding diaryl/α,β-unsaturated/α-hetero) is 1. The van der Waals surface area contributed by atoms with Gasteiger partial charge in [-0.2, -0.15) is 0 Å². The molecule has 2 heterocycles. The first-order chi connectivity index (χ1) is 13.0. The Labute approximate surface area is 158 Å². The number of nitrogens with one attached hydrogen (secondary N) is 1. The Morgan fingerprint density at radius 2 is 1.78 bits per heavy atom. The fourth-order valence-corrected chi connectivity index (χ4v) is 3.53. The summed E-state index contributed by atoms with van der Waals surface area (Å²) in [6.45, 7) is 6.00. The first kappa shape index (κ1) is 17.4. The first-order valence-corrected chi connectivity index (χ1v) is 9.39. The molecule has 0 bridgehead atoms. The van der Waals surface area contributed by atoms with Crippen LogP contribution in [0.15, 0.2) is 30.3 Å². The van der Waals surface area contributed by atoms with Gasteiger partial charge in [-0.1, -0.05) is 19.1 Å². The van der Waals surface area contributed by atoms with Gasteiger partial charge in [-0.25, -0.2) is 14.6 Å². The minimum Gasteiger partial charge on any atom is -0.338 e. The maximum absolute atomic E-state index is 12.6. The smallest absolute Gasteiger partial charge is 0.251 e. The van der Waals surface area contributed by atoms with Gasteiger partial charge in [0.1, 0.15) is 0 Å². The highest BCUT2D eigenvalue weighted by Crippen LogP contribution is 2.31. The molecule has 4 rings (SSSR count). The second kappa shape index (κ2) is 6.95. The van der Waals surface area contributed by atoms with Crippen molar-refractivity contribution in [2.75, 3.05) is 5.32 Å². The van der Waals surface area contributed by atoms with E-state index in [1.165, 1.54) is 5.56 Å². The molecule has 6 heteroatoms. The molecule has 0 radical (unpaired) electrons. The molecule has 3 aromatic rings. The largest absolute Gasteiger partial charge is 0.338 e. The predicted molar refractivity (Wildman–Crippen MR) is 105 cm³/mol. The number of rotatable bonds is 4. The molecule has 0 amide bonds. The number of benzene rings is 1. The van der Waals surface area contributed by atoms with E-state index in [1.54, 1.807) is 4.68 Å². The van der Waals surface area contributed by atoms with Crippen LogP contribution in [0.2, 0.25) is 0 Å². The highest BCUT2D eigenvalue weighted by Gasteiger charge is 2.28. The third-order valence-corrected chi connectivity index (χ3v) is 4.86. The minimum absolute atomic E-state index is 0.125. The van der Waals surface area contributed by atoms with Crippen LogP contribution in [-0.4, -0.2) is 25.5 Å². The Morgan fingerprint density at radius 3 is 2.44 bits per heavy atom. The summed E-state index contributed by atoms with van der Waals surface area (Å²) in [6.07, 6.45) is 3.16. The van der Waals surface area contributed by atoms with Crippen molar-refractivity contribution in [3.8, 4) is 5.95 Å². The summed E-state index contributed by atoms with van der Waals surface area (Å²) in [5.41, 5.74) is 5.52. The molecule has 138 valence electrons. The second-order valence-corrected chi connectivity index (χ2v) is 6.99. The van der Waals surface area contributed by atoms with Crippen LogP contribution in [0.5, 0.6) is 0 Å². The van der Waals surface area contributed by atoms with Crippen molar-refractivity contribution in [3.63, 3.8) is 0 Å². The van der Waals surface area contributed by atoms with Crippen LogP contribution in [-0.2, 0) is 12.8 Å². The summed E-state index contributed by atoms with van der Waals surface area (Å²) in [4.78, 5) is 21.7. The van der Waals surface area contributed by atoms with Crippen molar-refractivity contribution >= 4 is 17.3 Å². The number of fused-ring (bicyclic) bond motifs is 1. The highest BCUT2D eigenvalue weighted by molar-refractivity contribution is 6.03. The molecular weight excluding hydrogens is 338 g/mol. The molecule has 1 aliphatic carbocycles. The molecule has 0 saturated heterocycles. The summed E-state index contributed by atoms with van der Waals surface area (Å²) < 4.78 is 1.73. The standard InChI is InChI=1S/C21H23N5O/c1-4-15-8-10-16(11-9-15)24-20-19-17(6-5-7-18(19)27)26(25-20)21-22-13(2)12-14(3)23-21/h8-12H,4-7H2,1-3H3,(H,24,25). The van der Waals surface area contributed by atoms with Gasteiger partial charge in [0.15, 0.2) is 11.6 Å². The first-order valence-electron chi connectivity index (χ1n) is 9.39. The van der Waals surface area contributed by atoms with Crippen LogP contribution in [0.4, 0.5) is 11.5 Å². The van der Waals surface area contributed by atoms with Gasteiger partial charge in [0.25, 0.3) is 5.95 Å². The molecule has 1 aliphatic rings. The average molecular weight is 361 g/mol. The Bertz CT molecular complexity index is 984. The lowest BCUT2D eigenvalue weighted by Gasteiger charge is -2.13. The number of aromatic nitrogens is 4. The molecule has 2 aromatic heterocycles. The summed E-state index contributed by atoms with van der Waals surface area (Å²) in [5.74, 6) is 1.23. The third-order valence-electron chi connectivity index (χ3n) is 4.86. The van der Waals surface area contributed by atoms with E-state index in [0.717, 1.165) is 42.0 Å². The maximum atomic E-state index is 12.6. The number of carbonyl (C=O) groups is 1. The summed E-state index contributed by atoms with van der Waals surface area (Å²) in [6, 6.07) is 10.1.